The summed E-state index contributed by atoms with van der Waals surface area (Å²) < 4.78 is 7.39. The van der Waals surface area contributed by atoms with Gasteiger partial charge in [-0.3, -0.25) is 0 Å². The number of nitrogens with one attached hydrogen (secondary N) is 1. The Hall–Kier alpha value is -1.94. The van der Waals surface area contributed by atoms with Gasteiger partial charge in [-0.2, -0.15) is 0 Å². The van der Waals surface area contributed by atoms with Crippen molar-refractivity contribution in [3.8, 4) is 0 Å². The average molecular weight is 262 g/mol. The van der Waals surface area contributed by atoms with Crippen LogP contribution in [0.2, 0.25) is 0 Å². The number of aliphatic imine (C=N–C) groups is 1. The first kappa shape index (κ1) is 11.2. The lowest BCUT2D eigenvalue weighted by molar-refractivity contribution is 0.493. The Morgan fingerprint density at radius 2 is 2.28 bits per heavy atom. The number of furan rings is 1. The van der Waals surface area contributed by atoms with E-state index in [4.69, 9.17) is 16.0 Å². The molecule has 0 fully saturated rings. The summed E-state index contributed by atoms with van der Waals surface area (Å²) in [5.74, 6) is 0.779. The van der Waals surface area contributed by atoms with Crippen molar-refractivity contribution in [2.75, 3.05) is 0 Å². The van der Waals surface area contributed by atoms with E-state index in [0.29, 0.717) is 5.29 Å². The van der Waals surface area contributed by atoms with Crippen molar-refractivity contribution in [3.05, 3.63) is 54.3 Å². The van der Waals surface area contributed by atoms with Crippen LogP contribution in [0.15, 0.2) is 52.2 Å². The molecule has 5 heteroatoms. The highest BCUT2D eigenvalue weighted by atomic mass is 35.5. The largest absolute Gasteiger partial charge is 0.467 e. The second-order valence-corrected chi connectivity index (χ2v) is 4.45. The van der Waals surface area contributed by atoms with Crippen LogP contribution in [0.5, 0.6) is 0 Å². The Bertz CT molecular complexity index is 610. The molecule has 2 aromatic rings. The SMILES string of the molecule is Cn1cccc1C1=CC(c2ccco2)N=C(Cl)N1. The van der Waals surface area contributed by atoms with Crippen molar-refractivity contribution >= 4 is 22.6 Å². The summed E-state index contributed by atoms with van der Waals surface area (Å²) in [6, 6.07) is 7.56. The van der Waals surface area contributed by atoms with Gasteiger partial charge >= 0.3 is 0 Å². The number of hydrogen-bond donors (Lipinski definition) is 1. The fraction of sp³-hybridized carbons (Fsp3) is 0.154. The van der Waals surface area contributed by atoms with E-state index in [0.717, 1.165) is 17.2 Å². The summed E-state index contributed by atoms with van der Waals surface area (Å²) in [4.78, 5) is 4.31. The number of aryl methyl sites for hydroxylation is 1. The van der Waals surface area contributed by atoms with Crippen LogP contribution in [0.4, 0.5) is 0 Å². The van der Waals surface area contributed by atoms with Gasteiger partial charge in [0.1, 0.15) is 11.8 Å². The van der Waals surface area contributed by atoms with E-state index < -0.39 is 0 Å². The van der Waals surface area contributed by atoms with Gasteiger partial charge in [0.25, 0.3) is 0 Å². The third-order valence-electron chi connectivity index (χ3n) is 2.87. The van der Waals surface area contributed by atoms with Crippen molar-refractivity contribution in [2.45, 2.75) is 6.04 Å². The van der Waals surface area contributed by atoms with Crippen LogP contribution in [-0.4, -0.2) is 9.86 Å². The van der Waals surface area contributed by atoms with Gasteiger partial charge in [0, 0.05) is 13.2 Å². The van der Waals surface area contributed by atoms with Crippen molar-refractivity contribution in [1.29, 1.82) is 0 Å². The monoisotopic (exact) mass is 261 g/mol. The standard InChI is InChI=1S/C13H12ClN3O/c1-17-6-2-4-11(17)9-8-10(16-13(14)15-9)12-5-3-7-18-12/h2-8,10H,1H3,(H,15,16). The summed E-state index contributed by atoms with van der Waals surface area (Å²) in [6.45, 7) is 0. The van der Waals surface area contributed by atoms with Crippen molar-refractivity contribution < 1.29 is 4.42 Å². The van der Waals surface area contributed by atoms with E-state index in [1.54, 1.807) is 6.26 Å². The summed E-state index contributed by atoms with van der Waals surface area (Å²) in [5, 5.41) is 3.44. The molecule has 1 N–H and O–H groups in total. The minimum atomic E-state index is -0.182. The zero-order valence-electron chi connectivity index (χ0n) is 9.80. The van der Waals surface area contributed by atoms with Crippen LogP contribution in [-0.2, 0) is 7.05 Å². The Labute approximate surface area is 110 Å². The quantitative estimate of drug-likeness (QED) is 0.845. The Kier molecular flexibility index (Phi) is 2.72. The van der Waals surface area contributed by atoms with Crippen LogP contribution < -0.4 is 5.32 Å². The van der Waals surface area contributed by atoms with E-state index >= 15 is 0 Å². The molecule has 2 aromatic heterocycles. The van der Waals surface area contributed by atoms with Gasteiger partial charge in [0.15, 0.2) is 5.29 Å². The van der Waals surface area contributed by atoms with E-state index in [1.807, 2.05) is 48.2 Å². The molecule has 1 atom stereocenters. The normalized spacial score (nSPS) is 19.1. The highest BCUT2D eigenvalue weighted by Crippen LogP contribution is 2.27. The van der Waals surface area contributed by atoms with Crippen LogP contribution in [0.3, 0.4) is 0 Å². The number of nitrogens with zero attached hydrogens (tertiary/aromatic N) is 2. The summed E-state index contributed by atoms with van der Waals surface area (Å²) >= 11 is 6.04. The van der Waals surface area contributed by atoms with Crippen LogP contribution in [0, 0.1) is 0 Å². The first-order valence-electron chi connectivity index (χ1n) is 5.61. The van der Waals surface area contributed by atoms with E-state index in [9.17, 15) is 0 Å². The van der Waals surface area contributed by atoms with Crippen LogP contribution in [0.1, 0.15) is 17.5 Å². The van der Waals surface area contributed by atoms with Gasteiger partial charge in [-0.15, -0.1) is 0 Å². The molecule has 0 aromatic carbocycles. The molecule has 0 amide bonds. The molecule has 0 aliphatic carbocycles. The van der Waals surface area contributed by atoms with Crippen molar-refractivity contribution in [3.63, 3.8) is 0 Å². The molecule has 3 rings (SSSR count). The molecule has 3 heterocycles. The Balaban J connectivity index is 1.99. The highest BCUT2D eigenvalue weighted by Gasteiger charge is 2.19. The van der Waals surface area contributed by atoms with Crippen LogP contribution in [0.25, 0.3) is 5.70 Å². The second-order valence-electron chi connectivity index (χ2n) is 4.09. The zero-order valence-corrected chi connectivity index (χ0v) is 10.6. The van der Waals surface area contributed by atoms with Gasteiger partial charge in [0.2, 0.25) is 0 Å². The number of amidine groups is 1. The lowest BCUT2D eigenvalue weighted by atomic mass is 10.1. The second kappa shape index (κ2) is 4.38. The third-order valence-corrected chi connectivity index (χ3v) is 3.06. The molecule has 1 unspecified atom stereocenters. The molecular formula is C13H12ClN3O. The van der Waals surface area contributed by atoms with E-state index in [-0.39, 0.29) is 6.04 Å². The van der Waals surface area contributed by atoms with E-state index in [1.165, 1.54) is 0 Å². The molecule has 1 aliphatic heterocycles. The molecule has 0 bridgehead atoms. The molecule has 0 spiro atoms. The molecule has 4 nitrogen and oxygen atoms in total. The first-order chi connectivity index (χ1) is 8.74. The minimum Gasteiger partial charge on any atom is -0.467 e. The maximum Gasteiger partial charge on any atom is 0.196 e. The molecule has 92 valence electrons. The summed E-state index contributed by atoms with van der Waals surface area (Å²) in [5.41, 5.74) is 1.99. The number of halogens is 1. The van der Waals surface area contributed by atoms with Gasteiger partial charge in [-0.05, 0) is 41.9 Å². The lowest BCUT2D eigenvalue weighted by Gasteiger charge is -2.18. The number of rotatable bonds is 2. The van der Waals surface area contributed by atoms with E-state index in [2.05, 4.69) is 10.3 Å². The molecule has 0 saturated carbocycles. The minimum absolute atomic E-state index is 0.182. The third kappa shape index (κ3) is 1.95. The molecular weight excluding hydrogens is 250 g/mol. The topological polar surface area (TPSA) is 42.5 Å². The van der Waals surface area contributed by atoms with Crippen molar-refractivity contribution in [2.24, 2.45) is 12.0 Å². The predicted octanol–water partition coefficient (Wildman–Crippen LogP) is 2.90. The Morgan fingerprint density at radius 1 is 1.39 bits per heavy atom. The average Bonchev–Trinajstić information content (AvgIpc) is 2.98. The van der Waals surface area contributed by atoms with Crippen molar-refractivity contribution in [1.82, 2.24) is 9.88 Å². The van der Waals surface area contributed by atoms with Gasteiger partial charge in [0.05, 0.1) is 17.7 Å². The molecule has 18 heavy (non-hydrogen) atoms. The van der Waals surface area contributed by atoms with Gasteiger partial charge in [-0.1, -0.05) is 0 Å². The summed E-state index contributed by atoms with van der Waals surface area (Å²) in [6.07, 6.45) is 5.62. The van der Waals surface area contributed by atoms with Gasteiger partial charge in [-0.25, -0.2) is 4.99 Å². The molecule has 0 saturated heterocycles. The first-order valence-corrected chi connectivity index (χ1v) is 5.99. The number of aromatic nitrogens is 1. The fourth-order valence-electron chi connectivity index (χ4n) is 2.00. The fourth-order valence-corrected chi connectivity index (χ4v) is 2.20. The van der Waals surface area contributed by atoms with Gasteiger partial charge < -0.3 is 14.3 Å². The molecule has 1 aliphatic rings. The molecule has 0 radical (unpaired) electrons. The zero-order chi connectivity index (χ0) is 12.5. The lowest BCUT2D eigenvalue weighted by Crippen LogP contribution is -2.23. The highest BCUT2D eigenvalue weighted by molar-refractivity contribution is 6.65. The predicted molar refractivity (Wildman–Crippen MR) is 71.3 cm³/mol. The maximum absolute atomic E-state index is 6.04. The number of hydrogen-bond acceptors (Lipinski definition) is 3. The smallest absolute Gasteiger partial charge is 0.196 e. The summed E-state index contributed by atoms with van der Waals surface area (Å²) in [7, 11) is 1.99. The van der Waals surface area contributed by atoms with Crippen LogP contribution >= 0.6 is 11.6 Å². The maximum atomic E-state index is 6.04. The Morgan fingerprint density at radius 3 is 2.94 bits per heavy atom.